The van der Waals surface area contributed by atoms with Crippen LogP contribution in [0.25, 0.3) is 0 Å². The van der Waals surface area contributed by atoms with Gasteiger partial charge in [0.05, 0.1) is 0 Å². The van der Waals surface area contributed by atoms with Crippen molar-refractivity contribution in [1.29, 1.82) is 0 Å². The largest absolute Gasteiger partial charge is 0.361 e. The van der Waals surface area contributed by atoms with E-state index >= 15 is 0 Å². The maximum absolute atomic E-state index is 6.90. The van der Waals surface area contributed by atoms with Gasteiger partial charge in [-0.05, 0) is 41.4 Å². The summed E-state index contributed by atoms with van der Waals surface area (Å²) in [5, 5.41) is 1.04. The molecule has 0 spiro atoms. The Morgan fingerprint density at radius 2 is 1.10 bits per heavy atom. The summed E-state index contributed by atoms with van der Waals surface area (Å²) >= 11 is 3.62. The fraction of sp³-hybridized carbons (Fsp3) is 0.333. The van der Waals surface area contributed by atoms with Crippen LogP contribution >= 0.6 is 15.9 Å². The zero-order valence-corrected chi connectivity index (χ0v) is 19.0. The minimum absolute atomic E-state index is 0.611. The van der Waals surface area contributed by atoms with Gasteiger partial charge in [0.2, 0.25) is 0 Å². The van der Waals surface area contributed by atoms with E-state index in [9.17, 15) is 0 Å². The average molecular weight is 451 g/mol. The molecule has 3 rings (SSSR count). The number of halogens is 1. The predicted octanol–water partition coefficient (Wildman–Crippen LogP) is 7.44. The normalized spacial score (nSPS) is 12.8. The lowest BCUT2D eigenvalue weighted by atomic mass is 9.80. The third-order valence-corrected chi connectivity index (χ3v) is 6.23. The molecule has 3 aromatic carbocycles. The van der Waals surface area contributed by atoms with Gasteiger partial charge in [-0.25, -0.2) is 0 Å². The Labute approximate surface area is 184 Å². The van der Waals surface area contributed by atoms with E-state index in [2.05, 4.69) is 121 Å². The summed E-state index contributed by atoms with van der Waals surface area (Å²) < 4.78 is 6.90. The second kappa shape index (κ2) is 10.8. The van der Waals surface area contributed by atoms with Crippen molar-refractivity contribution in [3.8, 4) is 0 Å². The molecule has 0 aliphatic heterocycles. The molecule has 29 heavy (non-hydrogen) atoms. The van der Waals surface area contributed by atoms with Crippen LogP contribution in [0.2, 0.25) is 0 Å². The molecule has 0 amide bonds. The predicted molar refractivity (Wildman–Crippen MR) is 127 cm³/mol. The Morgan fingerprint density at radius 1 is 0.690 bits per heavy atom. The fourth-order valence-electron chi connectivity index (χ4n) is 4.08. The van der Waals surface area contributed by atoms with Crippen LogP contribution in [0.5, 0.6) is 0 Å². The first kappa shape index (κ1) is 21.8. The molecule has 1 nitrogen and oxygen atoms in total. The van der Waals surface area contributed by atoms with E-state index < -0.39 is 5.60 Å². The van der Waals surface area contributed by atoms with Crippen LogP contribution in [0.15, 0.2) is 91.0 Å². The van der Waals surface area contributed by atoms with Gasteiger partial charge in [-0.3, -0.25) is 0 Å². The van der Waals surface area contributed by atoms with Crippen LogP contribution in [-0.2, 0) is 10.3 Å². The highest BCUT2D eigenvalue weighted by atomic mass is 79.9. The third-order valence-electron chi connectivity index (χ3n) is 5.77. The molecule has 2 heteroatoms. The summed E-state index contributed by atoms with van der Waals surface area (Å²) in [4.78, 5) is 0. The first-order valence-corrected chi connectivity index (χ1v) is 11.7. The van der Waals surface area contributed by atoms with Crippen molar-refractivity contribution >= 4 is 15.9 Å². The molecule has 152 valence electrons. The quantitative estimate of drug-likeness (QED) is 0.230. The minimum atomic E-state index is -0.611. The molecule has 0 saturated heterocycles. The summed E-state index contributed by atoms with van der Waals surface area (Å²) in [6.07, 6.45) is 2.23. The number of rotatable bonds is 10. The standard InChI is InChI=1S/C27H31BrO/c1-22(2)23(18-20-28)19-21-29-27(24-12-6-3-7-13-24,25-14-8-4-9-15-25)26-16-10-5-11-17-26/h3-17,22-23H,18-21H2,1-2H3/t23-/m0/s1. The van der Waals surface area contributed by atoms with Crippen LogP contribution in [0.4, 0.5) is 0 Å². The Kier molecular flexibility index (Phi) is 8.09. The number of hydrogen-bond donors (Lipinski definition) is 0. The zero-order valence-electron chi connectivity index (χ0n) is 17.4. The van der Waals surface area contributed by atoms with Crippen LogP contribution in [0.1, 0.15) is 43.4 Å². The van der Waals surface area contributed by atoms with E-state index in [1.54, 1.807) is 0 Å². The van der Waals surface area contributed by atoms with Gasteiger partial charge in [-0.15, -0.1) is 0 Å². The number of ether oxygens (including phenoxy) is 1. The number of hydrogen-bond acceptors (Lipinski definition) is 1. The fourth-order valence-corrected chi connectivity index (χ4v) is 4.67. The van der Waals surface area contributed by atoms with Crippen molar-refractivity contribution in [2.75, 3.05) is 11.9 Å². The van der Waals surface area contributed by atoms with Crippen molar-refractivity contribution in [3.63, 3.8) is 0 Å². The van der Waals surface area contributed by atoms with Crippen LogP contribution in [0.3, 0.4) is 0 Å². The highest BCUT2D eigenvalue weighted by Crippen LogP contribution is 2.40. The number of benzene rings is 3. The number of alkyl halides is 1. The molecule has 0 radical (unpaired) electrons. The average Bonchev–Trinajstić information content (AvgIpc) is 2.78. The Bertz CT molecular complexity index is 734. The molecule has 3 aromatic rings. The molecule has 1 atom stereocenters. The topological polar surface area (TPSA) is 9.23 Å². The molecule has 0 N–H and O–H groups in total. The van der Waals surface area contributed by atoms with E-state index in [4.69, 9.17) is 4.74 Å². The molecular weight excluding hydrogens is 420 g/mol. The molecule has 0 heterocycles. The molecule has 0 aliphatic carbocycles. The van der Waals surface area contributed by atoms with Gasteiger partial charge < -0.3 is 4.74 Å². The highest BCUT2D eigenvalue weighted by Gasteiger charge is 2.37. The molecule has 0 unspecified atom stereocenters. The van der Waals surface area contributed by atoms with Gasteiger partial charge in [0.15, 0.2) is 0 Å². The van der Waals surface area contributed by atoms with Crippen LogP contribution in [0, 0.1) is 11.8 Å². The highest BCUT2D eigenvalue weighted by molar-refractivity contribution is 9.09. The summed E-state index contributed by atoms with van der Waals surface area (Å²) in [5.41, 5.74) is 2.89. The SMILES string of the molecule is CC(C)[C@@H](CCBr)CCOC(c1ccccc1)(c1ccccc1)c1ccccc1. The second-order valence-corrected chi connectivity index (χ2v) is 8.69. The lowest BCUT2D eigenvalue weighted by molar-refractivity contribution is 0.00284. The zero-order chi connectivity index (χ0) is 20.5. The smallest absolute Gasteiger partial charge is 0.143 e. The molecule has 0 aliphatic rings. The summed E-state index contributed by atoms with van der Waals surface area (Å²) in [5.74, 6) is 1.30. The van der Waals surface area contributed by atoms with E-state index in [0.717, 1.165) is 11.8 Å². The first-order valence-electron chi connectivity index (χ1n) is 10.5. The molecule has 0 fully saturated rings. The van der Waals surface area contributed by atoms with Crippen molar-refractivity contribution in [2.24, 2.45) is 11.8 Å². The Morgan fingerprint density at radius 3 is 1.45 bits per heavy atom. The molecule has 0 bridgehead atoms. The first-order chi connectivity index (χ1) is 14.2. The maximum atomic E-state index is 6.90. The molecule has 0 saturated carbocycles. The Balaban J connectivity index is 2.03. The third kappa shape index (κ3) is 5.18. The van der Waals surface area contributed by atoms with Gasteiger partial charge in [-0.1, -0.05) is 121 Å². The Hall–Kier alpha value is -1.90. The summed E-state index contributed by atoms with van der Waals surface area (Å²) in [7, 11) is 0. The van der Waals surface area contributed by atoms with Gasteiger partial charge in [0.25, 0.3) is 0 Å². The van der Waals surface area contributed by atoms with Crippen LogP contribution in [-0.4, -0.2) is 11.9 Å². The minimum Gasteiger partial charge on any atom is -0.361 e. The van der Waals surface area contributed by atoms with Crippen molar-refractivity contribution in [2.45, 2.75) is 32.3 Å². The van der Waals surface area contributed by atoms with Gasteiger partial charge in [-0.2, -0.15) is 0 Å². The van der Waals surface area contributed by atoms with E-state index in [0.29, 0.717) is 18.4 Å². The van der Waals surface area contributed by atoms with E-state index in [-0.39, 0.29) is 0 Å². The van der Waals surface area contributed by atoms with Crippen molar-refractivity contribution < 1.29 is 4.74 Å². The maximum Gasteiger partial charge on any atom is 0.143 e. The lowest BCUT2D eigenvalue weighted by Gasteiger charge is -2.36. The van der Waals surface area contributed by atoms with Crippen molar-refractivity contribution in [1.82, 2.24) is 0 Å². The molecular formula is C27H31BrO. The lowest BCUT2D eigenvalue weighted by Crippen LogP contribution is -2.34. The van der Waals surface area contributed by atoms with Crippen molar-refractivity contribution in [3.05, 3.63) is 108 Å². The monoisotopic (exact) mass is 450 g/mol. The van der Waals surface area contributed by atoms with Gasteiger partial charge in [0, 0.05) is 11.9 Å². The summed E-state index contributed by atoms with van der Waals surface area (Å²) in [6, 6.07) is 31.9. The van der Waals surface area contributed by atoms with Gasteiger partial charge in [0.1, 0.15) is 5.60 Å². The molecule has 0 aromatic heterocycles. The summed E-state index contributed by atoms with van der Waals surface area (Å²) in [6.45, 7) is 5.34. The van der Waals surface area contributed by atoms with Gasteiger partial charge >= 0.3 is 0 Å². The second-order valence-electron chi connectivity index (χ2n) is 7.90. The van der Waals surface area contributed by atoms with E-state index in [1.165, 1.54) is 23.1 Å². The van der Waals surface area contributed by atoms with E-state index in [1.807, 2.05) is 0 Å². The van der Waals surface area contributed by atoms with Crippen LogP contribution < -0.4 is 0 Å².